The summed E-state index contributed by atoms with van der Waals surface area (Å²) in [5.74, 6) is -0.119. The van der Waals surface area contributed by atoms with E-state index in [2.05, 4.69) is 20.8 Å². The predicted molar refractivity (Wildman–Crippen MR) is 111 cm³/mol. The van der Waals surface area contributed by atoms with Gasteiger partial charge in [0.2, 0.25) is 6.10 Å². The Kier molecular flexibility index (Phi) is 5.77. The zero-order chi connectivity index (χ0) is 19.2. The van der Waals surface area contributed by atoms with Gasteiger partial charge in [-0.3, -0.25) is 4.79 Å². The number of amides is 1. The summed E-state index contributed by atoms with van der Waals surface area (Å²) >= 11 is 1.61. The smallest absolute Gasteiger partial charge is 0.264 e. The lowest BCUT2D eigenvalue weighted by atomic mass is 10.0. The van der Waals surface area contributed by atoms with Gasteiger partial charge in [-0.05, 0) is 5.56 Å². The molecule has 0 saturated heterocycles. The molecule has 0 bridgehead atoms. The Morgan fingerprint density at radius 1 is 1.11 bits per heavy atom. The van der Waals surface area contributed by atoms with Gasteiger partial charge < -0.3 is 10.2 Å². The number of hydrogen-bond donors (Lipinski definition) is 1. The van der Waals surface area contributed by atoms with E-state index in [4.69, 9.17) is 4.84 Å². The number of aromatic nitrogens is 1. The van der Waals surface area contributed by atoms with Crippen molar-refractivity contribution in [2.24, 2.45) is 5.16 Å². The van der Waals surface area contributed by atoms with E-state index in [1.807, 2.05) is 60.7 Å². The fraction of sp³-hybridized carbons (Fsp3) is 0.227. The van der Waals surface area contributed by atoms with Gasteiger partial charge in [-0.2, -0.15) is 0 Å². The van der Waals surface area contributed by atoms with E-state index >= 15 is 0 Å². The Balaban J connectivity index is 1.22. The zero-order valence-corrected chi connectivity index (χ0v) is 16.2. The molecule has 1 unspecified atom stereocenters. The highest BCUT2D eigenvalue weighted by molar-refractivity contribution is 7.09. The molecule has 1 N–H and O–H groups in total. The molecule has 6 heteroatoms. The number of oxime groups is 1. The SMILES string of the molecule is O=C(NCCc1nc(-c2ccccc2)cs1)C1CC(Cc2ccccc2)=NO1. The molecule has 0 fully saturated rings. The molecular weight excluding hydrogens is 370 g/mol. The van der Waals surface area contributed by atoms with Gasteiger partial charge in [0.05, 0.1) is 16.4 Å². The van der Waals surface area contributed by atoms with Crippen LogP contribution in [0.3, 0.4) is 0 Å². The number of nitrogens with zero attached hydrogens (tertiary/aromatic N) is 2. The monoisotopic (exact) mass is 391 g/mol. The van der Waals surface area contributed by atoms with Gasteiger partial charge in [-0.25, -0.2) is 4.98 Å². The average Bonchev–Trinajstić information content (AvgIpc) is 3.39. The van der Waals surface area contributed by atoms with Crippen molar-refractivity contribution in [1.82, 2.24) is 10.3 Å². The third-order valence-corrected chi connectivity index (χ3v) is 5.44. The molecule has 5 nitrogen and oxygen atoms in total. The number of nitrogens with one attached hydrogen (secondary N) is 1. The van der Waals surface area contributed by atoms with Crippen LogP contribution in [0.15, 0.2) is 71.2 Å². The van der Waals surface area contributed by atoms with Crippen molar-refractivity contribution in [2.75, 3.05) is 6.54 Å². The maximum atomic E-state index is 12.3. The molecular formula is C22H21N3O2S. The van der Waals surface area contributed by atoms with Crippen LogP contribution in [-0.2, 0) is 22.5 Å². The van der Waals surface area contributed by atoms with Crippen molar-refractivity contribution in [3.05, 3.63) is 76.6 Å². The molecule has 0 aliphatic carbocycles. The summed E-state index contributed by atoms with van der Waals surface area (Å²) in [4.78, 5) is 22.3. The first-order valence-electron chi connectivity index (χ1n) is 9.31. The first-order valence-corrected chi connectivity index (χ1v) is 10.2. The van der Waals surface area contributed by atoms with Crippen LogP contribution >= 0.6 is 11.3 Å². The van der Waals surface area contributed by atoms with Gasteiger partial charge in [-0.15, -0.1) is 11.3 Å². The molecule has 2 aromatic carbocycles. The molecule has 4 rings (SSSR count). The van der Waals surface area contributed by atoms with E-state index in [0.29, 0.717) is 25.8 Å². The minimum absolute atomic E-state index is 0.119. The molecule has 1 aliphatic rings. The summed E-state index contributed by atoms with van der Waals surface area (Å²) < 4.78 is 0. The molecule has 142 valence electrons. The molecule has 0 saturated carbocycles. The minimum atomic E-state index is -0.533. The molecule has 3 aromatic rings. The van der Waals surface area contributed by atoms with Gasteiger partial charge in [0.15, 0.2) is 0 Å². The normalized spacial score (nSPS) is 15.7. The van der Waals surface area contributed by atoms with E-state index < -0.39 is 6.10 Å². The summed E-state index contributed by atoms with van der Waals surface area (Å²) in [7, 11) is 0. The Morgan fingerprint density at radius 3 is 2.64 bits per heavy atom. The van der Waals surface area contributed by atoms with Crippen LogP contribution in [0, 0.1) is 0 Å². The summed E-state index contributed by atoms with van der Waals surface area (Å²) in [6.45, 7) is 0.536. The zero-order valence-electron chi connectivity index (χ0n) is 15.4. The van der Waals surface area contributed by atoms with E-state index in [0.717, 1.165) is 22.0 Å². The van der Waals surface area contributed by atoms with Gasteiger partial charge in [0.1, 0.15) is 0 Å². The Morgan fingerprint density at radius 2 is 1.86 bits per heavy atom. The van der Waals surface area contributed by atoms with Crippen LogP contribution in [0.5, 0.6) is 0 Å². The minimum Gasteiger partial charge on any atom is -0.382 e. The second-order valence-corrected chi connectivity index (χ2v) is 7.59. The summed E-state index contributed by atoms with van der Waals surface area (Å²) in [6.07, 6.45) is 1.42. The highest BCUT2D eigenvalue weighted by Gasteiger charge is 2.27. The average molecular weight is 391 g/mol. The highest BCUT2D eigenvalue weighted by Crippen LogP contribution is 2.21. The van der Waals surface area contributed by atoms with Gasteiger partial charge in [-0.1, -0.05) is 65.8 Å². The molecule has 1 atom stereocenters. The molecule has 2 heterocycles. The summed E-state index contributed by atoms with van der Waals surface area (Å²) in [5.41, 5.74) is 4.16. The van der Waals surface area contributed by atoms with Crippen molar-refractivity contribution in [3.63, 3.8) is 0 Å². The maximum absolute atomic E-state index is 12.3. The number of carbonyl (C=O) groups excluding carboxylic acids is 1. The first kappa shape index (κ1) is 18.4. The van der Waals surface area contributed by atoms with Crippen molar-refractivity contribution < 1.29 is 9.63 Å². The summed E-state index contributed by atoms with van der Waals surface area (Å²) in [6, 6.07) is 20.2. The summed E-state index contributed by atoms with van der Waals surface area (Å²) in [5, 5.41) is 10.1. The number of rotatable bonds is 7. The second kappa shape index (κ2) is 8.80. The van der Waals surface area contributed by atoms with E-state index in [-0.39, 0.29) is 5.91 Å². The fourth-order valence-electron chi connectivity index (χ4n) is 3.08. The maximum Gasteiger partial charge on any atom is 0.264 e. The van der Waals surface area contributed by atoms with Crippen LogP contribution in [0.4, 0.5) is 0 Å². The van der Waals surface area contributed by atoms with Crippen molar-refractivity contribution >= 4 is 23.0 Å². The van der Waals surface area contributed by atoms with E-state index in [1.165, 1.54) is 5.56 Å². The molecule has 28 heavy (non-hydrogen) atoms. The lowest BCUT2D eigenvalue weighted by Gasteiger charge is -2.08. The van der Waals surface area contributed by atoms with Crippen molar-refractivity contribution in [3.8, 4) is 11.3 Å². The molecule has 1 amide bonds. The fourth-order valence-corrected chi connectivity index (χ4v) is 3.88. The molecule has 1 aliphatic heterocycles. The lowest BCUT2D eigenvalue weighted by Crippen LogP contribution is -2.36. The Hall–Kier alpha value is -2.99. The van der Waals surface area contributed by atoms with Crippen LogP contribution < -0.4 is 5.32 Å². The molecule has 0 spiro atoms. The van der Waals surface area contributed by atoms with Crippen molar-refractivity contribution in [2.45, 2.75) is 25.4 Å². The number of benzene rings is 2. The van der Waals surface area contributed by atoms with Crippen molar-refractivity contribution in [1.29, 1.82) is 0 Å². The van der Waals surface area contributed by atoms with Crippen LogP contribution in [0.1, 0.15) is 17.0 Å². The third kappa shape index (κ3) is 4.64. The quantitative estimate of drug-likeness (QED) is 0.665. The second-order valence-electron chi connectivity index (χ2n) is 6.65. The molecule has 0 radical (unpaired) electrons. The number of thiazole rings is 1. The van der Waals surface area contributed by atoms with Gasteiger partial charge >= 0.3 is 0 Å². The van der Waals surface area contributed by atoms with Gasteiger partial charge in [0, 0.05) is 36.8 Å². The topological polar surface area (TPSA) is 63.6 Å². The number of carbonyl (C=O) groups is 1. The lowest BCUT2D eigenvalue weighted by molar-refractivity contribution is -0.131. The predicted octanol–water partition coefficient (Wildman–Crippen LogP) is 3.86. The Labute approximate surface area is 168 Å². The van der Waals surface area contributed by atoms with Crippen LogP contribution in [-0.4, -0.2) is 29.3 Å². The van der Waals surface area contributed by atoms with E-state index in [1.54, 1.807) is 11.3 Å². The standard InChI is InChI=1S/C22H21N3O2S/c26-22(20-14-18(25-27-20)13-16-7-3-1-4-8-16)23-12-11-21-24-19(15-28-21)17-9-5-2-6-10-17/h1-10,15,20H,11-14H2,(H,23,26). The van der Waals surface area contributed by atoms with Gasteiger partial charge in [0.25, 0.3) is 5.91 Å². The molecule has 1 aromatic heterocycles. The largest absolute Gasteiger partial charge is 0.382 e. The van der Waals surface area contributed by atoms with Crippen LogP contribution in [0.2, 0.25) is 0 Å². The van der Waals surface area contributed by atoms with Crippen LogP contribution in [0.25, 0.3) is 11.3 Å². The first-order chi connectivity index (χ1) is 13.8. The Bertz CT molecular complexity index is 954. The highest BCUT2D eigenvalue weighted by atomic mass is 32.1. The third-order valence-electron chi connectivity index (χ3n) is 4.53. The number of hydrogen-bond acceptors (Lipinski definition) is 5. The van der Waals surface area contributed by atoms with E-state index in [9.17, 15) is 4.79 Å².